The monoisotopic (exact) mass is 195 g/mol. The van der Waals surface area contributed by atoms with Crippen molar-refractivity contribution in [2.75, 3.05) is 0 Å². The molecule has 1 fully saturated rings. The molecule has 0 radical (unpaired) electrons. The highest BCUT2D eigenvalue weighted by molar-refractivity contribution is 4.87. The first kappa shape index (κ1) is 11.8. The molecule has 0 aromatic carbocycles. The van der Waals surface area contributed by atoms with Gasteiger partial charge < -0.3 is 5.73 Å². The number of hydrogen-bond acceptors (Lipinski definition) is 1. The van der Waals surface area contributed by atoms with Crippen LogP contribution in [-0.2, 0) is 0 Å². The van der Waals surface area contributed by atoms with Gasteiger partial charge in [-0.2, -0.15) is 0 Å². The van der Waals surface area contributed by atoms with Gasteiger partial charge in [0.05, 0.1) is 0 Å². The Morgan fingerprint density at radius 3 is 2.43 bits per heavy atom. The second kappa shape index (κ2) is 4.97. The molecule has 0 bridgehead atoms. The van der Waals surface area contributed by atoms with Gasteiger partial charge in [0.1, 0.15) is 0 Å². The van der Waals surface area contributed by atoms with Crippen LogP contribution in [0.15, 0.2) is 12.7 Å². The number of rotatable bonds is 4. The van der Waals surface area contributed by atoms with Crippen LogP contribution in [0.25, 0.3) is 0 Å². The molecule has 1 saturated carbocycles. The summed E-state index contributed by atoms with van der Waals surface area (Å²) in [5.41, 5.74) is 5.85. The SMILES string of the molecule is C=CC(N)CCC1CC(C)C(C)C1C. The predicted octanol–water partition coefficient (Wildman–Crippen LogP) is 3.21. The summed E-state index contributed by atoms with van der Waals surface area (Å²) in [4.78, 5) is 0. The minimum absolute atomic E-state index is 0.202. The minimum atomic E-state index is 0.202. The van der Waals surface area contributed by atoms with Gasteiger partial charge in [0.15, 0.2) is 0 Å². The first-order chi connectivity index (χ1) is 6.56. The fraction of sp³-hybridized carbons (Fsp3) is 0.846. The van der Waals surface area contributed by atoms with Crippen molar-refractivity contribution >= 4 is 0 Å². The summed E-state index contributed by atoms with van der Waals surface area (Å²) in [7, 11) is 0. The maximum absolute atomic E-state index is 5.85. The minimum Gasteiger partial charge on any atom is -0.324 e. The van der Waals surface area contributed by atoms with Crippen LogP contribution in [0.4, 0.5) is 0 Å². The van der Waals surface area contributed by atoms with Crippen LogP contribution in [0.5, 0.6) is 0 Å². The molecule has 1 nitrogen and oxygen atoms in total. The molecule has 0 heterocycles. The Morgan fingerprint density at radius 1 is 1.36 bits per heavy atom. The predicted molar refractivity (Wildman–Crippen MR) is 63.0 cm³/mol. The van der Waals surface area contributed by atoms with Crippen LogP contribution in [-0.4, -0.2) is 6.04 Å². The van der Waals surface area contributed by atoms with Crippen LogP contribution in [0.2, 0.25) is 0 Å². The van der Waals surface area contributed by atoms with Crippen molar-refractivity contribution < 1.29 is 0 Å². The molecule has 0 aromatic rings. The Morgan fingerprint density at radius 2 is 2.00 bits per heavy atom. The van der Waals surface area contributed by atoms with Crippen LogP contribution < -0.4 is 5.73 Å². The van der Waals surface area contributed by atoms with Crippen LogP contribution in [0.3, 0.4) is 0 Å². The summed E-state index contributed by atoms with van der Waals surface area (Å²) >= 11 is 0. The molecule has 5 unspecified atom stereocenters. The summed E-state index contributed by atoms with van der Waals surface area (Å²) in [6.07, 6.45) is 5.65. The highest BCUT2D eigenvalue weighted by atomic mass is 14.6. The van der Waals surface area contributed by atoms with Crippen molar-refractivity contribution in [1.29, 1.82) is 0 Å². The van der Waals surface area contributed by atoms with Gasteiger partial charge >= 0.3 is 0 Å². The van der Waals surface area contributed by atoms with Crippen molar-refractivity contribution in [1.82, 2.24) is 0 Å². The van der Waals surface area contributed by atoms with Gasteiger partial charge in [-0.15, -0.1) is 6.58 Å². The quantitative estimate of drug-likeness (QED) is 0.685. The Labute approximate surface area is 88.8 Å². The van der Waals surface area contributed by atoms with Gasteiger partial charge in [-0.1, -0.05) is 26.8 Å². The summed E-state index contributed by atoms with van der Waals surface area (Å²) in [5, 5.41) is 0. The molecule has 14 heavy (non-hydrogen) atoms. The first-order valence-electron chi connectivity index (χ1n) is 5.94. The van der Waals surface area contributed by atoms with Crippen LogP contribution >= 0.6 is 0 Å². The van der Waals surface area contributed by atoms with Crippen molar-refractivity contribution in [2.24, 2.45) is 29.4 Å². The average Bonchev–Trinajstić information content (AvgIpc) is 2.42. The fourth-order valence-corrected chi connectivity index (χ4v) is 2.76. The fourth-order valence-electron chi connectivity index (χ4n) is 2.76. The Bertz CT molecular complexity index is 188. The lowest BCUT2D eigenvalue weighted by Gasteiger charge is -2.19. The molecule has 5 atom stereocenters. The Kier molecular flexibility index (Phi) is 4.18. The van der Waals surface area contributed by atoms with E-state index in [1.165, 1.54) is 12.8 Å². The van der Waals surface area contributed by atoms with Crippen LogP contribution in [0.1, 0.15) is 40.0 Å². The highest BCUT2D eigenvalue weighted by Crippen LogP contribution is 2.42. The maximum atomic E-state index is 5.85. The molecule has 1 aliphatic rings. The lowest BCUT2D eigenvalue weighted by Crippen LogP contribution is -2.19. The van der Waals surface area contributed by atoms with E-state index in [1.807, 2.05) is 6.08 Å². The van der Waals surface area contributed by atoms with Crippen molar-refractivity contribution in [3.05, 3.63) is 12.7 Å². The average molecular weight is 195 g/mol. The van der Waals surface area contributed by atoms with E-state index in [0.717, 1.165) is 30.1 Å². The summed E-state index contributed by atoms with van der Waals surface area (Å²) < 4.78 is 0. The van der Waals surface area contributed by atoms with Gasteiger partial charge in [0.25, 0.3) is 0 Å². The number of hydrogen-bond donors (Lipinski definition) is 1. The molecule has 0 spiro atoms. The van der Waals surface area contributed by atoms with E-state index < -0.39 is 0 Å². The third kappa shape index (κ3) is 2.60. The zero-order valence-electron chi connectivity index (χ0n) is 9.87. The molecule has 2 N–H and O–H groups in total. The summed E-state index contributed by atoms with van der Waals surface area (Å²) in [5.74, 6) is 3.56. The van der Waals surface area contributed by atoms with Gasteiger partial charge in [-0.3, -0.25) is 0 Å². The van der Waals surface area contributed by atoms with Crippen molar-refractivity contribution in [3.8, 4) is 0 Å². The highest BCUT2D eigenvalue weighted by Gasteiger charge is 2.34. The smallest absolute Gasteiger partial charge is 0.0221 e. The lowest BCUT2D eigenvalue weighted by molar-refractivity contribution is 0.320. The zero-order chi connectivity index (χ0) is 10.7. The van der Waals surface area contributed by atoms with E-state index in [9.17, 15) is 0 Å². The van der Waals surface area contributed by atoms with E-state index in [0.29, 0.717) is 0 Å². The second-order valence-corrected chi connectivity index (χ2v) is 5.17. The largest absolute Gasteiger partial charge is 0.324 e. The molecule has 1 aliphatic carbocycles. The Hall–Kier alpha value is -0.300. The molecule has 82 valence electrons. The molecule has 1 heteroatoms. The molecule has 1 rings (SSSR count). The third-order valence-corrected chi connectivity index (χ3v) is 4.32. The van der Waals surface area contributed by atoms with Gasteiger partial charge in [0.2, 0.25) is 0 Å². The maximum Gasteiger partial charge on any atom is 0.0221 e. The van der Waals surface area contributed by atoms with E-state index in [4.69, 9.17) is 5.73 Å². The summed E-state index contributed by atoms with van der Waals surface area (Å²) in [6.45, 7) is 10.9. The van der Waals surface area contributed by atoms with Gasteiger partial charge in [-0.25, -0.2) is 0 Å². The van der Waals surface area contributed by atoms with Gasteiger partial charge in [0, 0.05) is 6.04 Å². The molecular formula is C13H25N. The second-order valence-electron chi connectivity index (χ2n) is 5.17. The third-order valence-electron chi connectivity index (χ3n) is 4.32. The van der Waals surface area contributed by atoms with E-state index in [1.54, 1.807) is 0 Å². The summed E-state index contributed by atoms with van der Waals surface area (Å²) in [6, 6.07) is 0.202. The number of nitrogens with two attached hydrogens (primary N) is 1. The zero-order valence-corrected chi connectivity index (χ0v) is 9.87. The standard InChI is InChI=1S/C13H25N/c1-5-13(14)7-6-12-8-9(2)10(3)11(12)4/h5,9-13H,1,6-8,14H2,2-4H3. The van der Waals surface area contributed by atoms with E-state index in [2.05, 4.69) is 27.4 Å². The lowest BCUT2D eigenvalue weighted by atomic mass is 9.88. The van der Waals surface area contributed by atoms with Crippen molar-refractivity contribution in [2.45, 2.75) is 46.1 Å². The molecule has 0 amide bonds. The van der Waals surface area contributed by atoms with E-state index >= 15 is 0 Å². The van der Waals surface area contributed by atoms with Gasteiger partial charge in [-0.05, 0) is 42.9 Å². The van der Waals surface area contributed by atoms with Crippen molar-refractivity contribution in [3.63, 3.8) is 0 Å². The molecular weight excluding hydrogens is 170 g/mol. The molecule has 0 aromatic heterocycles. The van der Waals surface area contributed by atoms with E-state index in [-0.39, 0.29) is 6.04 Å². The molecule has 0 saturated heterocycles. The topological polar surface area (TPSA) is 26.0 Å². The Balaban J connectivity index is 2.35. The van der Waals surface area contributed by atoms with Crippen LogP contribution in [0, 0.1) is 23.7 Å². The first-order valence-corrected chi connectivity index (χ1v) is 5.94. The normalized spacial score (nSPS) is 39.7. The molecule has 0 aliphatic heterocycles.